The van der Waals surface area contributed by atoms with Gasteiger partial charge in [-0.15, -0.1) is 0 Å². The minimum Gasteiger partial charge on any atom is -0.393 e. The molecule has 0 saturated carbocycles. The molecule has 5 nitrogen and oxygen atoms in total. The predicted molar refractivity (Wildman–Crippen MR) is 137 cm³/mol. The first kappa shape index (κ1) is 26.0. The van der Waals surface area contributed by atoms with Gasteiger partial charge in [-0.3, -0.25) is 9.29 Å². The molecule has 1 unspecified atom stereocenters. The van der Waals surface area contributed by atoms with E-state index in [9.17, 15) is 9.50 Å². The first-order valence-corrected chi connectivity index (χ1v) is 12.9. The van der Waals surface area contributed by atoms with E-state index in [-0.39, 0.29) is 30.7 Å². The number of anilines is 1. The topological polar surface area (TPSA) is 54.5 Å². The highest BCUT2D eigenvalue weighted by molar-refractivity contribution is 5.85. The zero-order chi connectivity index (χ0) is 26.3. The van der Waals surface area contributed by atoms with Crippen LogP contribution in [0.2, 0.25) is 0 Å². The van der Waals surface area contributed by atoms with Gasteiger partial charge in [-0.05, 0) is 44.0 Å². The molecule has 0 radical (unpaired) electrons. The van der Waals surface area contributed by atoms with Crippen LogP contribution < -0.4 is 5.32 Å². The van der Waals surface area contributed by atoms with Gasteiger partial charge in [0.1, 0.15) is 17.3 Å². The number of likely N-dealkylation sites (tertiary alicyclic amines) is 1. The number of hydrogen-bond acceptors (Lipinski definition) is 4. The lowest BCUT2D eigenvalue weighted by Crippen LogP contribution is -2.50. The van der Waals surface area contributed by atoms with Crippen molar-refractivity contribution < 1.29 is 22.7 Å². The van der Waals surface area contributed by atoms with Crippen molar-refractivity contribution in [1.29, 1.82) is 0 Å². The first-order chi connectivity index (χ1) is 17.7. The molecule has 9 heteroatoms. The maximum atomic E-state index is 15.7. The van der Waals surface area contributed by atoms with Crippen LogP contribution in [0, 0.1) is 17.6 Å². The van der Waals surface area contributed by atoms with E-state index in [0.29, 0.717) is 44.0 Å². The zero-order valence-electron chi connectivity index (χ0n) is 21.2. The van der Waals surface area contributed by atoms with Crippen molar-refractivity contribution in [3.05, 3.63) is 64.9 Å². The lowest BCUT2D eigenvalue weighted by atomic mass is 9.87. The van der Waals surface area contributed by atoms with E-state index in [2.05, 4.69) is 15.2 Å². The molecule has 0 spiro atoms. The molecule has 0 bridgehead atoms. The van der Waals surface area contributed by atoms with E-state index < -0.39 is 30.0 Å². The number of aliphatic hydroxyl groups excluding tert-OH is 1. The molecule has 1 saturated heterocycles. The maximum absolute atomic E-state index is 15.7. The fourth-order valence-corrected chi connectivity index (χ4v) is 5.76. The molecule has 0 amide bonds. The fraction of sp³-hybridized carbons (Fsp3) is 0.500. The summed E-state index contributed by atoms with van der Waals surface area (Å²) in [6.07, 6.45) is 0.583. The lowest BCUT2D eigenvalue weighted by Gasteiger charge is -2.43. The van der Waals surface area contributed by atoms with E-state index in [0.717, 1.165) is 16.5 Å². The second-order valence-corrected chi connectivity index (χ2v) is 10.8. The van der Waals surface area contributed by atoms with Crippen LogP contribution in [0.3, 0.4) is 0 Å². The Morgan fingerprint density at radius 3 is 2.54 bits per heavy atom. The van der Waals surface area contributed by atoms with Gasteiger partial charge in [0, 0.05) is 72.5 Å². The van der Waals surface area contributed by atoms with Crippen molar-refractivity contribution in [3.8, 4) is 0 Å². The number of aromatic amines is 1. The molecule has 2 aliphatic rings. The highest BCUT2D eigenvalue weighted by Crippen LogP contribution is 2.43. The maximum Gasteiger partial charge on any atom is 0.143 e. The fourth-order valence-electron chi connectivity index (χ4n) is 5.76. The van der Waals surface area contributed by atoms with Gasteiger partial charge in [0.25, 0.3) is 0 Å². The van der Waals surface area contributed by atoms with Crippen molar-refractivity contribution in [2.75, 3.05) is 51.3 Å². The summed E-state index contributed by atoms with van der Waals surface area (Å²) >= 11 is 0. The van der Waals surface area contributed by atoms with Crippen LogP contribution in [0.5, 0.6) is 0 Å². The number of rotatable bonds is 9. The highest BCUT2D eigenvalue weighted by Gasteiger charge is 2.42. The molecule has 5 rings (SSSR count). The van der Waals surface area contributed by atoms with E-state index in [1.54, 1.807) is 4.90 Å². The molecule has 200 valence electrons. The normalized spacial score (nSPS) is 22.6. The SMILES string of the molecule is C[C@@H]1Cc2c([nH]c3ccccc23)[C@@H](c2c(F)cc(NCCN3CC(CF)C3)cc2F)N1CC(C)(F)CO. The van der Waals surface area contributed by atoms with Crippen LogP contribution in [-0.4, -0.2) is 77.6 Å². The molecule has 0 aliphatic carbocycles. The summed E-state index contributed by atoms with van der Waals surface area (Å²) in [5.41, 5.74) is 0.703. The molecule has 2 aromatic carbocycles. The number of nitrogens with one attached hydrogen (secondary N) is 2. The Labute approximate surface area is 214 Å². The van der Waals surface area contributed by atoms with Crippen molar-refractivity contribution in [3.63, 3.8) is 0 Å². The summed E-state index contributed by atoms with van der Waals surface area (Å²) in [5.74, 6) is -1.36. The monoisotopic (exact) mass is 518 g/mol. The van der Waals surface area contributed by atoms with Gasteiger partial charge in [-0.2, -0.15) is 0 Å². The highest BCUT2D eigenvalue weighted by atomic mass is 19.1. The Morgan fingerprint density at radius 2 is 1.86 bits per heavy atom. The van der Waals surface area contributed by atoms with E-state index in [1.807, 2.05) is 31.2 Å². The van der Waals surface area contributed by atoms with Gasteiger partial charge in [-0.25, -0.2) is 13.2 Å². The number of para-hydroxylation sites is 1. The second-order valence-electron chi connectivity index (χ2n) is 10.8. The van der Waals surface area contributed by atoms with Crippen LogP contribution in [-0.2, 0) is 6.42 Å². The molecule has 3 heterocycles. The van der Waals surface area contributed by atoms with Crippen molar-refractivity contribution in [1.82, 2.24) is 14.8 Å². The number of H-pyrrole nitrogens is 1. The molecular formula is C28H34F4N4O. The van der Waals surface area contributed by atoms with E-state index >= 15 is 13.2 Å². The van der Waals surface area contributed by atoms with Crippen molar-refractivity contribution >= 4 is 16.6 Å². The Kier molecular flexibility index (Phi) is 7.22. The van der Waals surface area contributed by atoms with Gasteiger partial charge in [0.2, 0.25) is 0 Å². The minimum absolute atomic E-state index is 0.0848. The van der Waals surface area contributed by atoms with Crippen LogP contribution in [0.1, 0.15) is 36.7 Å². The molecule has 2 aliphatic heterocycles. The summed E-state index contributed by atoms with van der Waals surface area (Å²) in [4.78, 5) is 7.18. The first-order valence-electron chi connectivity index (χ1n) is 12.9. The molecule has 1 fully saturated rings. The number of aromatic nitrogens is 1. The molecule has 3 N–H and O–H groups in total. The Balaban J connectivity index is 1.47. The minimum atomic E-state index is -1.94. The third kappa shape index (κ3) is 5.09. The second kappa shape index (κ2) is 10.3. The Hall–Kier alpha value is -2.62. The van der Waals surface area contributed by atoms with Gasteiger partial charge in [-0.1, -0.05) is 18.2 Å². The molecule has 3 atom stereocenters. The molecule has 37 heavy (non-hydrogen) atoms. The van der Waals surface area contributed by atoms with E-state index in [1.165, 1.54) is 19.1 Å². The molecular weight excluding hydrogens is 484 g/mol. The van der Waals surface area contributed by atoms with Gasteiger partial charge in [0.15, 0.2) is 0 Å². The number of hydrogen-bond donors (Lipinski definition) is 3. The Bertz CT molecular complexity index is 1230. The summed E-state index contributed by atoms with van der Waals surface area (Å²) in [6.45, 7) is 4.55. The smallest absolute Gasteiger partial charge is 0.143 e. The van der Waals surface area contributed by atoms with Crippen LogP contribution in [0.25, 0.3) is 10.9 Å². The summed E-state index contributed by atoms with van der Waals surface area (Å²) in [6, 6.07) is 9.15. The molecule has 3 aromatic rings. The predicted octanol–water partition coefficient (Wildman–Crippen LogP) is 4.82. The number of aliphatic hydroxyl groups is 1. The van der Waals surface area contributed by atoms with Crippen LogP contribution in [0.15, 0.2) is 36.4 Å². The van der Waals surface area contributed by atoms with Crippen LogP contribution in [0.4, 0.5) is 23.2 Å². The number of alkyl halides is 2. The average Bonchev–Trinajstić information content (AvgIpc) is 3.20. The van der Waals surface area contributed by atoms with Crippen molar-refractivity contribution in [2.45, 2.75) is 38.0 Å². The summed E-state index contributed by atoms with van der Waals surface area (Å²) in [7, 11) is 0. The number of benzene rings is 2. The quantitative estimate of drug-likeness (QED) is 0.356. The third-order valence-corrected chi connectivity index (χ3v) is 7.72. The zero-order valence-corrected chi connectivity index (χ0v) is 21.2. The van der Waals surface area contributed by atoms with Crippen molar-refractivity contribution in [2.24, 2.45) is 5.92 Å². The summed E-state index contributed by atoms with van der Waals surface area (Å²) in [5, 5.41) is 13.7. The standard InChI is InChI=1S/C28H34F4N4O/c1-17-9-21-20-5-3-4-6-24(20)34-26(21)27(36(17)15-28(2,32)16-37)25-22(30)10-19(11-23(25)31)33-7-8-35-13-18(12-29)14-35/h3-6,10-11,17-18,27,33-34,37H,7-9,12-16H2,1-2H3/t17-,27-,28?/m1/s1. The molecule has 1 aromatic heterocycles. The Morgan fingerprint density at radius 1 is 1.16 bits per heavy atom. The number of fused-ring (bicyclic) bond motifs is 3. The summed E-state index contributed by atoms with van der Waals surface area (Å²) < 4.78 is 59.1. The lowest BCUT2D eigenvalue weighted by molar-refractivity contribution is 0.0162. The third-order valence-electron chi connectivity index (χ3n) is 7.72. The number of nitrogens with zero attached hydrogens (tertiary/aromatic N) is 2. The van der Waals surface area contributed by atoms with Gasteiger partial charge >= 0.3 is 0 Å². The van der Waals surface area contributed by atoms with Gasteiger partial charge in [0.05, 0.1) is 19.3 Å². The average molecular weight is 519 g/mol. The largest absolute Gasteiger partial charge is 0.393 e. The van der Waals surface area contributed by atoms with Gasteiger partial charge < -0.3 is 20.3 Å². The van der Waals surface area contributed by atoms with E-state index in [4.69, 9.17) is 0 Å². The van der Waals surface area contributed by atoms with Crippen LogP contribution >= 0.6 is 0 Å². The number of halogens is 4.